The Bertz CT molecular complexity index is 990. The van der Waals surface area contributed by atoms with Gasteiger partial charge in [-0.1, -0.05) is 54.6 Å². The molecule has 2 unspecified atom stereocenters. The fraction of sp³-hybridized carbons (Fsp3) is 0.385. The molecule has 31 heavy (non-hydrogen) atoms. The van der Waals surface area contributed by atoms with Gasteiger partial charge in [0.2, 0.25) is 0 Å². The third kappa shape index (κ3) is 4.82. The maximum atomic E-state index is 13.0. The standard InChI is InChI=1S/C26H29NO4/c1-26(2,3)31-24(28)22-15-19-11-7-8-12-21(19)23(22)20-13-14-27(16-20)25(29)30-17-18-9-5-4-6-10-18/h4-12,15,20,23H,13-14,16-17H2,1-3H3. The number of esters is 1. The molecule has 1 aliphatic heterocycles. The molecule has 1 heterocycles. The minimum Gasteiger partial charge on any atom is -0.457 e. The number of likely N-dealkylation sites (tertiary alicyclic amines) is 1. The normalized spacial score (nSPS) is 20.2. The average Bonchev–Trinajstić information content (AvgIpc) is 3.36. The number of benzene rings is 2. The highest BCUT2D eigenvalue weighted by Gasteiger charge is 2.41. The molecular weight excluding hydrogens is 390 g/mol. The van der Waals surface area contributed by atoms with Crippen molar-refractivity contribution in [2.24, 2.45) is 5.92 Å². The Morgan fingerprint density at radius 3 is 2.48 bits per heavy atom. The van der Waals surface area contributed by atoms with E-state index in [2.05, 4.69) is 6.07 Å². The molecule has 5 nitrogen and oxygen atoms in total. The topological polar surface area (TPSA) is 55.8 Å². The minimum atomic E-state index is -0.555. The molecule has 5 heteroatoms. The summed E-state index contributed by atoms with van der Waals surface area (Å²) in [5, 5.41) is 0. The first kappa shape index (κ1) is 21.2. The van der Waals surface area contributed by atoms with E-state index in [1.807, 2.05) is 75.4 Å². The highest BCUT2D eigenvalue weighted by atomic mass is 16.6. The third-order valence-electron chi connectivity index (χ3n) is 5.77. The predicted molar refractivity (Wildman–Crippen MR) is 119 cm³/mol. The monoisotopic (exact) mass is 419 g/mol. The number of rotatable bonds is 4. The second kappa shape index (κ2) is 8.58. The van der Waals surface area contributed by atoms with Crippen LogP contribution in [0.2, 0.25) is 0 Å². The van der Waals surface area contributed by atoms with Crippen molar-refractivity contribution in [3.8, 4) is 0 Å². The van der Waals surface area contributed by atoms with Crippen molar-refractivity contribution in [1.82, 2.24) is 4.90 Å². The van der Waals surface area contributed by atoms with Crippen LogP contribution in [0.15, 0.2) is 60.2 Å². The van der Waals surface area contributed by atoms with Crippen molar-refractivity contribution < 1.29 is 19.1 Å². The molecule has 4 rings (SSSR count). The van der Waals surface area contributed by atoms with Gasteiger partial charge in [0.25, 0.3) is 0 Å². The Morgan fingerprint density at radius 2 is 1.74 bits per heavy atom. The highest BCUT2D eigenvalue weighted by Crippen LogP contribution is 2.45. The van der Waals surface area contributed by atoms with E-state index in [1.165, 1.54) is 0 Å². The van der Waals surface area contributed by atoms with Gasteiger partial charge in [0, 0.05) is 24.6 Å². The highest BCUT2D eigenvalue weighted by molar-refractivity contribution is 5.98. The van der Waals surface area contributed by atoms with Crippen LogP contribution in [-0.4, -0.2) is 35.7 Å². The summed E-state index contributed by atoms with van der Waals surface area (Å²) in [6.07, 6.45) is 2.46. The van der Waals surface area contributed by atoms with Gasteiger partial charge in [-0.2, -0.15) is 0 Å². The van der Waals surface area contributed by atoms with Crippen molar-refractivity contribution in [2.45, 2.75) is 45.3 Å². The number of hydrogen-bond acceptors (Lipinski definition) is 4. The smallest absolute Gasteiger partial charge is 0.410 e. The van der Waals surface area contributed by atoms with Crippen LogP contribution in [0.5, 0.6) is 0 Å². The molecule has 0 aromatic heterocycles. The van der Waals surface area contributed by atoms with Gasteiger partial charge in [0.05, 0.1) is 0 Å². The summed E-state index contributed by atoms with van der Waals surface area (Å²) in [6, 6.07) is 17.7. The molecule has 2 aromatic rings. The van der Waals surface area contributed by atoms with Crippen LogP contribution in [0.3, 0.4) is 0 Å². The molecule has 1 amide bonds. The Hall–Kier alpha value is -3.08. The molecule has 2 atom stereocenters. The van der Waals surface area contributed by atoms with Crippen molar-refractivity contribution in [2.75, 3.05) is 13.1 Å². The molecule has 0 saturated carbocycles. The number of ether oxygens (including phenoxy) is 2. The van der Waals surface area contributed by atoms with Gasteiger partial charge in [-0.05, 0) is 55.9 Å². The molecule has 162 valence electrons. The Morgan fingerprint density at radius 1 is 1.03 bits per heavy atom. The SMILES string of the molecule is CC(C)(C)OC(=O)C1=Cc2ccccc2C1C1CCN(C(=O)OCc2ccccc2)C1. The van der Waals surface area contributed by atoms with Gasteiger partial charge >= 0.3 is 12.1 Å². The summed E-state index contributed by atoms with van der Waals surface area (Å²) in [7, 11) is 0. The van der Waals surface area contributed by atoms with E-state index in [-0.39, 0.29) is 30.5 Å². The summed E-state index contributed by atoms with van der Waals surface area (Å²) >= 11 is 0. The lowest BCUT2D eigenvalue weighted by molar-refractivity contribution is -0.150. The van der Waals surface area contributed by atoms with E-state index in [0.29, 0.717) is 18.7 Å². The minimum absolute atomic E-state index is 0.0713. The molecule has 1 saturated heterocycles. The first-order valence-electron chi connectivity index (χ1n) is 10.8. The number of amides is 1. The summed E-state index contributed by atoms with van der Waals surface area (Å²) in [4.78, 5) is 27.4. The van der Waals surface area contributed by atoms with Gasteiger partial charge in [-0.15, -0.1) is 0 Å². The van der Waals surface area contributed by atoms with Crippen LogP contribution in [-0.2, 0) is 20.9 Å². The van der Waals surface area contributed by atoms with Crippen molar-refractivity contribution in [1.29, 1.82) is 0 Å². The lowest BCUT2D eigenvalue weighted by Crippen LogP contribution is -2.31. The Labute approximate surface area is 183 Å². The fourth-order valence-electron chi connectivity index (χ4n) is 4.42. The maximum absolute atomic E-state index is 13.0. The molecule has 1 fully saturated rings. The van der Waals surface area contributed by atoms with Gasteiger partial charge in [0.15, 0.2) is 0 Å². The summed E-state index contributed by atoms with van der Waals surface area (Å²) < 4.78 is 11.2. The number of carbonyl (C=O) groups excluding carboxylic acids is 2. The number of fused-ring (bicyclic) bond motifs is 1. The van der Waals surface area contributed by atoms with Gasteiger partial charge < -0.3 is 14.4 Å². The zero-order valence-corrected chi connectivity index (χ0v) is 18.3. The van der Waals surface area contributed by atoms with Crippen molar-refractivity contribution in [3.05, 3.63) is 76.9 Å². The molecule has 2 aromatic carbocycles. The molecule has 0 radical (unpaired) electrons. The Kier molecular flexibility index (Phi) is 5.86. The molecule has 2 aliphatic rings. The van der Waals surface area contributed by atoms with Crippen LogP contribution < -0.4 is 0 Å². The predicted octanol–water partition coefficient (Wildman–Crippen LogP) is 5.17. The second-order valence-electron chi connectivity index (χ2n) is 9.24. The van der Waals surface area contributed by atoms with Gasteiger partial charge in [0.1, 0.15) is 12.2 Å². The zero-order chi connectivity index (χ0) is 22.0. The summed E-state index contributed by atoms with van der Waals surface area (Å²) in [5.74, 6) is -0.205. The summed E-state index contributed by atoms with van der Waals surface area (Å²) in [6.45, 7) is 7.08. The van der Waals surface area contributed by atoms with E-state index in [9.17, 15) is 9.59 Å². The van der Waals surface area contributed by atoms with Crippen molar-refractivity contribution in [3.63, 3.8) is 0 Å². The molecule has 0 bridgehead atoms. The van der Waals surface area contributed by atoms with Crippen LogP contribution in [0.1, 0.15) is 49.8 Å². The first-order valence-corrected chi connectivity index (χ1v) is 10.8. The largest absolute Gasteiger partial charge is 0.457 e. The van der Waals surface area contributed by atoms with Gasteiger partial charge in [-0.25, -0.2) is 9.59 Å². The fourth-order valence-corrected chi connectivity index (χ4v) is 4.42. The van der Waals surface area contributed by atoms with Gasteiger partial charge in [-0.3, -0.25) is 0 Å². The molecular formula is C26H29NO4. The van der Waals surface area contributed by atoms with Crippen LogP contribution in [0.25, 0.3) is 6.08 Å². The van der Waals surface area contributed by atoms with Crippen LogP contribution >= 0.6 is 0 Å². The molecule has 0 spiro atoms. The van der Waals surface area contributed by atoms with Crippen molar-refractivity contribution >= 4 is 18.1 Å². The van der Waals surface area contributed by atoms with E-state index < -0.39 is 5.60 Å². The quantitative estimate of drug-likeness (QED) is 0.642. The lowest BCUT2D eigenvalue weighted by Gasteiger charge is -2.26. The van der Waals surface area contributed by atoms with E-state index >= 15 is 0 Å². The zero-order valence-electron chi connectivity index (χ0n) is 18.3. The first-order chi connectivity index (χ1) is 14.8. The molecule has 0 N–H and O–H groups in total. The number of hydrogen-bond donors (Lipinski definition) is 0. The molecule has 1 aliphatic carbocycles. The average molecular weight is 420 g/mol. The third-order valence-corrected chi connectivity index (χ3v) is 5.77. The second-order valence-corrected chi connectivity index (χ2v) is 9.24. The number of carbonyl (C=O) groups is 2. The van der Waals surface area contributed by atoms with E-state index in [4.69, 9.17) is 9.47 Å². The van der Waals surface area contributed by atoms with Crippen LogP contribution in [0, 0.1) is 5.92 Å². The summed E-state index contributed by atoms with van der Waals surface area (Å²) in [5.41, 5.74) is 3.28. The maximum Gasteiger partial charge on any atom is 0.410 e. The van der Waals surface area contributed by atoms with E-state index in [1.54, 1.807) is 4.90 Å². The van der Waals surface area contributed by atoms with Crippen LogP contribution in [0.4, 0.5) is 4.79 Å². The van der Waals surface area contributed by atoms with E-state index in [0.717, 1.165) is 23.1 Å². The Balaban J connectivity index is 1.46. The lowest BCUT2D eigenvalue weighted by atomic mass is 9.82. The number of nitrogens with zero attached hydrogens (tertiary/aromatic N) is 1.